The lowest BCUT2D eigenvalue weighted by Crippen LogP contribution is -2.37. The Morgan fingerprint density at radius 3 is 2.20 bits per heavy atom. The van der Waals surface area contributed by atoms with Gasteiger partial charge in [0.15, 0.2) is 0 Å². The molecule has 0 atom stereocenters. The molecule has 0 unspecified atom stereocenters. The van der Waals surface area contributed by atoms with Crippen LogP contribution in [0.25, 0.3) is 0 Å². The van der Waals surface area contributed by atoms with E-state index in [2.05, 4.69) is 65.7 Å². The van der Waals surface area contributed by atoms with Crippen molar-refractivity contribution in [2.24, 2.45) is 0 Å². The van der Waals surface area contributed by atoms with Gasteiger partial charge in [0.2, 0.25) is 0 Å². The van der Waals surface area contributed by atoms with E-state index in [9.17, 15) is 0 Å². The van der Waals surface area contributed by atoms with E-state index in [1.165, 1.54) is 75.6 Å². The summed E-state index contributed by atoms with van der Waals surface area (Å²) in [6, 6.07) is 10.8. The molecule has 0 aliphatic heterocycles. The van der Waals surface area contributed by atoms with Crippen molar-refractivity contribution in [3.8, 4) is 0 Å². The van der Waals surface area contributed by atoms with Crippen LogP contribution >= 0.6 is 0 Å². The van der Waals surface area contributed by atoms with Gasteiger partial charge < -0.3 is 0 Å². The summed E-state index contributed by atoms with van der Waals surface area (Å²) in [5.74, 6) is 1.51. The lowest BCUT2D eigenvalue weighted by molar-refractivity contribution is -0.704. The maximum absolute atomic E-state index is 2.49. The van der Waals surface area contributed by atoms with Gasteiger partial charge in [-0.15, -0.1) is 0 Å². The molecule has 2 aromatic rings. The van der Waals surface area contributed by atoms with Gasteiger partial charge in [0.05, 0.1) is 6.54 Å². The Labute approximate surface area is 154 Å². The van der Waals surface area contributed by atoms with Crippen LogP contribution in [0.4, 0.5) is 0 Å². The number of imidazole rings is 1. The van der Waals surface area contributed by atoms with Crippen LogP contribution < -0.4 is 4.57 Å². The first-order valence-electron chi connectivity index (χ1n) is 10.5. The van der Waals surface area contributed by atoms with Crippen LogP contribution in [0.2, 0.25) is 0 Å². The molecule has 1 aromatic carbocycles. The Morgan fingerprint density at radius 2 is 1.48 bits per heavy atom. The highest BCUT2D eigenvalue weighted by Crippen LogP contribution is 2.11. The molecule has 1 aromatic heterocycles. The highest BCUT2D eigenvalue weighted by Gasteiger charge is 2.16. The second-order valence-electron chi connectivity index (χ2n) is 7.25. The monoisotopic (exact) mass is 341 g/mol. The van der Waals surface area contributed by atoms with Crippen molar-refractivity contribution in [1.29, 1.82) is 0 Å². The zero-order chi connectivity index (χ0) is 17.7. The minimum Gasteiger partial charge on any atom is -0.234 e. The molecule has 0 spiro atoms. The molecule has 0 fully saturated rings. The van der Waals surface area contributed by atoms with Crippen molar-refractivity contribution in [3.05, 3.63) is 54.1 Å². The average Bonchev–Trinajstić information content (AvgIpc) is 3.01. The van der Waals surface area contributed by atoms with Crippen LogP contribution in [0.15, 0.2) is 42.7 Å². The molecule has 0 N–H and O–H groups in total. The molecule has 138 valence electrons. The van der Waals surface area contributed by atoms with Crippen LogP contribution in [0.1, 0.15) is 83.0 Å². The highest BCUT2D eigenvalue weighted by atomic mass is 15.1. The van der Waals surface area contributed by atoms with Gasteiger partial charge in [0.1, 0.15) is 18.9 Å². The van der Waals surface area contributed by atoms with Crippen molar-refractivity contribution < 1.29 is 4.57 Å². The first-order valence-corrected chi connectivity index (χ1v) is 10.5. The zero-order valence-electron chi connectivity index (χ0n) is 16.4. The first-order chi connectivity index (χ1) is 12.3. The van der Waals surface area contributed by atoms with E-state index in [1.54, 1.807) is 0 Å². The van der Waals surface area contributed by atoms with Crippen LogP contribution in [0.3, 0.4) is 0 Å². The molecule has 0 aliphatic rings. The summed E-state index contributed by atoms with van der Waals surface area (Å²) in [6.07, 6.45) is 17.9. The van der Waals surface area contributed by atoms with Gasteiger partial charge in [0.25, 0.3) is 5.82 Å². The second kappa shape index (κ2) is 11.9. The first kappa shape index (κ1) is 19.8. The van der Waals surface area contributed by atoms with Crippen LogP contribution in [0, 0.1) is 0 Å². The molecule has 0 saturated carbocycles. The number of hydrogen-bond acceptors (Lipinski definition) is 0. The second-order valence-corrected chi connectivity index (χ2v) is 7.25. The van der Waals surface area contributed by atoms with Crippen LogP contribution in [-0.4, -0.2) is 4.57 Å². The van der Waals surface area contributed by atoms with E-state index in [-0.39, 0.29) is 0 Å². The molecule has 0 radical (unpaired) electrons. The number of aromatic nitrogens is 2. The minimum atomic E-state index is 0.992. The quantitative estimate of drug-likeness (QED) is 0.316. The van der Waals surface area contributed by atoms with Crippen molar-refractivity contribution >= 4 is 0 Å². The SMILES string of the molecule is CCCCCCCCCc1n(Cc2ccccc2)cc[n+]1CCCC. The molecule has 0 aliphatic carbocycles. The maximum Gasteiger partial charge on any atom is 0.256 e. The van der Waals surface area contributed by atoms with Gasteiger partial charge in [-0.05, 0) is 18.4 Å². The molecule has 2 rings (SSSR count). The Kier molecular flexibility index (Phi) is 9.40. The van der Waals surface area contributed by atoms with E-state index in [4.69, 9.17) is 0 Å². The van der Waals surface area contributed by atoms with Crippen molar-refractivity contribution in [2.75, 3.05) is 0 Å². The Morgan fingerprint density at radius 1 is 0.800 bits per heavy atom. The summed E-state index contributed by atoms with van der Waals surface area (Å²) in [6.45, 7) is 6.71. The molecule has 0 amide bonds. The maximum atomic E-state index is 2.49. The minimum absolute atomic E-state index is 0.992. The van der Waals surface area contributed by atoms with Crippen LogP contribution in [0.5, 0.6) is 0 Å². The Bertz CT molecular complexity index is 571. The molecule has 0 saturated heterocycles. The Hall–Kier alpha value is -1.57. The largest absolute Gasteiger partial charge is 0.256 e. The van der Waals surface area contributed by atoms with Gasteiger partial charge in [-0.25, -0.2) is 9.13 Å². The summed E-state index contributed by atoms with van der Waals surface area (Å²) in [4.78, 5) is 0. The van der Waals surface area contributed by atoms with Gasteiger partial charge in [-0.2, -0.15) is 0 Å². The Balaban J connectivity index is 1.91. The standard InChI is InChI=1S/C23H37N2/c1-3-5-7-8-9-10-14-17-23-24(18-6-4-2)19-20-25(23)21-22-15-12-11-13-16-22/h11-13,15-16,19-20H,3-10,14,17-18,21H2,1-2H3/q+1. The summed E-state index contributed by atoms with van der Waals surface area (Å²) in [7, 11) is 0. The molecule has 2 nitrogen and oxygen atoms in total. The van der Waals surface area contributed by atoms with Gasteiger partial charge in [-0.3, -0.25) is 0 Å². The molecule has 0 bridgehead atoms. The van der Waals surface area contributed by atoms with Gasteiger partial charge >= 0.3 is 0 Å². The summed E-state index contributed by atoms with van der Waals surface area (Å²) < 4.78 is 4.95. The van der Waals surface area contributed by atoms with Crippen molar-refractivity contribution in [2.45, 2.75) is 91.1 Å². The van der Waals surface area contributed by atoms with E-state index < -0.39 is 0 Å². The summed E-state index contributed by atoms with van der Waals surface area (Å²) in [5.41, 5.74) is 1.39. The third-order valence-electron chi connectivity index (χ3n) is 5.04. The summed E-state index contributed by atoms with van der Waals surface area (Å²) in [5, 5.41) is 0. The number of benzene rings is 1. The van der Waals surface area contributed by atoms with E-state index in [0.717, 1.165) is 13.1 Å². The number of rotatable bonds is 13. The predicted molar refractivity (Wildman–Crippen MR) is 107 cm³/mol. The topological polar surface area (TPSA) is 8.81 Å². The zero-order valence-corrected chi connectivity index (χ0v) is 16.4. The molecular weight excluding hydrogens is 304 g/mol. The van der Waals surface area contributed by atoms with Gasteiger partial charge in [-0.1, -0.05) is 89.1 Å². The molecule has 25 heavy (non-hydrogen) atoms. The smallest absolute Gasteiger partial charge is 0.234 e. The summed E-state index contributed by atoms with van der Waals surface area (Å²) >= 11 is 0. The number of unbranched alkanes of at least 4 members (excludes halogenated alkanes) is 7. The number of nitrogens with zero attached hydrogens (tertiary/aromatic N) is 2. The lowest BCUT2D eigenvalue weighted by atomic mass is 10.1. The molecular formula is C23H37N2+. The van der Waals surface area contributed by atoms with Crippen LogP contribution in [-0.2, 0) is 19.5 Å². The highest BCUT2D eigenvalue weighted by molar-refractivity contribution is 5.15. The third-order valence-corrected chi connectivity index (χ3v) is 5.04. The fraction of sp³-hybridized carbons (Fsp3) is 0.609. The average molecular weight is 342 g/mol. The number of hydrogen-bond donors (Lipinski definition) is 0. The van der Waals surface area contributed by atoms with Gasteiger partial charge in [0, 0.05) is 6.42 Å². The van der Waals surface area contributed by atoms with Crippen molar-refractivity contribution in [1.82, 2.24) is 4.57 Å². The van der Waals surface area contributed by atoms with E-state index in [0.29, 0.717) is 0 Å². The fourth-order valence-electron chi connectivity index (χ4n) is 3.48. The molecule has 2 heteroatoms. The molecule has 1 heterocycles. The number of aryl methyl sites for hydroxylation is 1. The van der Waals surface area contributed by atoms with E-state index in [1.807, 2.05) is 0 Å². The fourth-order valence-corrected chi connectivity index (χ4v) is 3.48. The van der Waals surface area contributed by atoms with E-state index >= 15 is 0 Å². The lowest BCUT2D eigenvalue weighted by Gasteiger charge is -2.06. The van der Waals surface area contributed by atoms with Crippen molar-refractivity contribution in [3.63, 3.8) is 0 Å². The third kappa shape index (κ3) is 7.05. The predicted octanol–water partition coefficient (Wildman–Crippen LogP) is 5.92. The normalized spacial score (nSPS) is 11.1.